The molecular weight excluding hydrogens is 230 g/mol. The fraction of sp³-hybridized carbons (Fsp3) is 0.571. The second kappa shape index (κ2) is 4.26. The number of nitrogens with zero attached hydrogens (tertiary/aromatic N) is 1. The normalized spacial score (nSPS) is 16.4. The van der Waals surface area contributed by atoms with Crippen LogP contribution in [0.25, 0.3) is 0 Å². The highest BCUT2D eigenvalue weighted by molar-refractivity contribution is 5.92. The highest BCUT2D eigenvalue weighted by atomic mass is 16.5. The van der Waals surface area contributed by atoms with Crippen molar-refractivity contribution in [3.8, 4) is 0 Å². The third-order valence-corrected chi connectivity index (χ3v) is 3.64. The van der Waals surface area contributed by atoms with Gasteiger partial charge in [0.15, 0.2) is 0 Å². The quantitative estimate of drug-likeness (QED) is 0.771. The Morgan fingerprint density at radius 2 is 2.06 bits per heavy atom. The van der Waals surface area contributed by atoms with Gasteiger partial charge in [0.25, 0.3) is 5.56 Å². The Bertz CT molecular complexity index is 553. The first-order valence-electron chi connectivity index (χ1n) is 6.31. The predicted octanol–water partition coefficient (Wildman–Crippen LogP) is 2.15. The molecule has 0 spiro atoms. The summed E-state index contributed by atoms with van der Waals surface area (Å²) in [5.74, 6) is -0.342. The maximum absolute atomic E-state index is 12.1. The molecule has 1 aliphatic rings. The molecule has 1 fully saturated rings. The summed E-state index contributed by atoms with van der Waals surface area (Å²) in [6, 6.07) is 1.53. The molecule has 0 unspecified atom stereocenters. The van der Waals surface area contributed by atoms with E-state index in [2.05, 4.69) is 0 Å². The van der Waals surface area contributed by atoms with Crippen molar-refractivity contribution < 1.29 is 9.53 Å². The number of esters is 1. The molecule has 1 saturated carbocycles. The summed E-state index contributed by atoms with van der Waals surface area (Å²) in [7, 11) is 0. The molecule has 1 aromatic rings. The summed E-state index contributed by atoms with van der Waals surface area (Å²) in [4.78, 5) is 24.1. The van der Waals surface area contributed by atoms with E-state index in [1.807, 2.05) is 13.8 Å². The fourth-order valence-corrected chi connectivity index (χ4v) is 2.47. The number of pyridine rings is 1. The minimum absolute atomic E-state index is 0.0296. The van der Waals surface area contributed by atoms with Crippen molar-refractivity contribution in [2.45, 2.75) is 46.1 Å². The predicted molar refractivity (Wildman–Crippen MR) is 69.0 cm³/mol. The largest absolute Gasteiger partial charge is 0.462 e. The van der Waals surface area contributed by atoms with Crippen molar-refractivity contribution >= 4 is 5.97 Å². The van der Waals surface area contributed by atoms with E-state index in [4.69, 9.17) is 4.74 Å². The van der Waals surface area contributed by atoms with Gasteiger partial charge in [-0.1, -0.05) is 0 Å². The third-order valence-electron chi connectivity index (χ3n) is 3.64. The van der Waals surface area contributed by atoms with Gasteiger partial charge in [0.1, 0.15) is 0 Å². The molecule has 0 N–H and O–H groups in total. The van der Waals surface area contributed by atoms with Crippen molar-refractivity contribution in [2.24, 2.45) is 0 Å². The molecule has 0 aliphatic heterocycles. The van der Waals surface area contributed by atoms with Gasteiger partial charge in [-0.3, -0.25) is 4.79 Å². The molecule has 1 aromatic heterocycles. The molecule has 0 saturated heterocycles. The number of carbonyl (C=O) groups excluding carboxylic acids is 1. The molecule has 0 aromatic carbocycles. The fourth-order valence-electron chi connectivity index (χ4n) is 2.47. The Morgan fingerprint density at radius 3 is 2.56 bits per heavy atom. The minimum Gasteiger partial charge on any atom is -0.462 e. The molecule has 4 nitrogen and oxygen atoms in total. The van der Waals surface area contributed by atoms with E-state index in [1.165, 1.54) is 6.07 Å². The summed E-state index contributed by atoms with van der Waals surface area (Å²) in [5, 5.41) is 0. The number of carbonyl (C=O) groups is 1. The Labute approximate surface area is 107 Å². The lowest BCUT2D eigenvalue weighted by Crippen LogP contribution is -2.32. The average molecular weight is 249 g/mol. The van der Waals surface area contributed by atoms with Crippen LogP contribution in [0, 0.1) is 13.8 Å². The summed E-state index contributed by atoms with van der Waals surface area (Å²) < 4.78 is 6.81. The molecule has 4 heteroatoms. The van der Waals surface area contributed by atoms with Gasteiger partial charge in [-0.2, -0.15) is 0 Å². The van der Waals surface area contributed by atoms with Gasteiger partial charge >= 0.3 is 5.97 Å². The Hall–Kier alpha value is -1.58. The van der Waals surface area contributed by atoms with E-state index in [-0.39, 0.29) is 17.1 Å². The molecule has 0 radical (unpaired) electrons. The van der Waals surface area contributed by atoms with Gasteiger partial charge in [0.2, 0.25) is 0 Å². The number of hydrogen-bond donors (Lipinski definition) is 0. The van der Waals surface area contributed by atoms with Gasteiger partial charge in [-0.15, -0.1) is 0 Å². The van der Waals surface area contributed by atoms with Crippen LogP contribution in [0.2, 0.25) is 0 Å². The van der Waals surface area contributed by atoms with E-state index in [0.717, 1.165) is 18.5 Å². The van der Waals surface area contributed by atoms with Gasteiger partial charge in [-0.05, 0) is 46.1 Å². The monoisotopic (exact) mass is 249 g/mol. The molecule has 1 heterocycles. The van der Waals surface area contributed by atoms with E-state index < -0.39 is 0 Å². The maximum Gasteiger partial charge on any atom is 0.340 e. The van der Waals surface area contributed by atoms with Crippen LogP contribution in [-0.4, -0.2) is 17.1 Å². The highest BCUT2D eigenvalue weighted by Crippen LogP contribution is 2.42. The van der Waals surface area contributed by atoms with Crippen LogP contribution in [0.4, 0.5) is 0 Å². The van der Waals surface area contributed by atoms with Crippen LogP contribution in [0.1, 0.15) is 48.3 Å². The summed E-state index contributed by atoms with van der Waals surface area (Å²) in [6.07, 6.45) is 1.97. The van der Waals surface area contributed by atoms with Gasteiger partial charge in [-0.25, -0.2) is 4.79 Å². The van der Waals surface area contributed by atoms with Crippen LogP contribution >= 0.6 is 0 Å². The zero-order valence-electron chi connectivity index (χ0n) is 11.4. The first-order valence-corrected chi connectivity index (χ1v) is 6.31. The average Bonchev–Trinajstić information content (AvgIpc) is 2.96. The SMILES string of the molecule is CCOC(=O)c1c(C)cc(=O)n(C2(C)CC2)c1C. The second-order valence-electron chi connectivity index (χ2n) is 5.18. The van der Waals surface area contributed by atoms with Gasteiger partial charge in [0.05, 0.1) is 12.2 Å². The number of ether oxygens (including phenoxy) is 1. The maximum atomic E-state index is 12.1. The number of hydrogen-bond acceptors (Lipinski definition) is 3. The number of aromatic nitrogens is 1. The smallest absolute Gasteiger partial charge is 0.340 e. The standard InChI is InChI=1S/C14H19NO3/c1-5-18-13(17)12-9(2)8-11(16)15(10(12)3)14(4)6-7-14/h8H,5-7H2,1-4H3. The van der Waals surface area contributed by atoms with E-state index in [0.29, 0.717) is 17.7 Å². The molecule has 1 aliphatic carbocycles. The van der Waals surface area contributed by atoms with E-state index in [1.54, 1.807) is 18.4 Å². The summed E-state index contributed by atoms with van der Waals surface area (Å²) >= 11 is 0. The minimum atomic E-state index is -0.342. The molecule has 18 heavy (non-hydrogen) atoms. The van der Waals surface area contributed by atoms with Crippen molar-refractivity contribution in [3.63, 3.8) is 0 Å². The van der Waals surface area contributed by atoms with Gasteiger partial charge in [0, 0.05) is 17.3 Å². The zero-order chi connectivity index (χ0) is 13.5. The Morgan fingerprint density at radius 1 is 1.44 bits per heavy atom. The molecule has 98 valence electrons. The molecule has 2 rings (SSSR count). The molecular formula is C14H19NO3. The van der Waals surface area contributed by atoms with Crippen LogP contribution in [0.5, 0.6) is 0 Å². The van der Waals surface area contributed by atoms with Crippen LogP contribution in [0.15, 0.2) is 10.9 Å². The third kappa shape index (κ3) is 1.96. The summed E-state index contributed by atoms with van der Waals surface area (Å²) in [5.41, 5.74) is 1.80. The van der Waals surface area contributed by atoms with Crippen LogP contribution in [-0.2, 0) is 10.3 Å². The van der Waals surface area contributed by atoms with Crippen molar-refractivity contribution in [1.29, 1.82) is 0 Å². The Kier molecular flexibility index (Phi) is 3.05. The lowest BCUT2D eigenvalue weighted by atomic mass is 10.1. The molecule has 0 bridgehead atoms. The number of rotatable bonds is 3. The van der Waals surface area contributed by atoms with Crippen molar-refractivity contribution in [1.82, 2.24) is 4.57 Å². The number of aryl methyl sites for hydroxylation is 1. The van der Waals surface area contributed by atoms with Crippen LogP contribution < -0.4 is 5.56 Å². The Balaban J connectivity index is 2.61. The first-order chi connectivity index (χ1) is 8.40. The highest BCUT2D eigenvalue weighted by Gasteiger charge is 2.41. The van der Waals surface area contributed by atoms with Gasteiger partial charge < -0.3 is 9.30 Å². The lowest BCUT2D eigenvalue weighted by Gasteiger charge is -2.20. The van der Waals surface area contributed by atoms with Crippen molar-refractivity contribution in [3.05, 3.63) is 33.2 Å². The molecule has 0 amide bonds. The second-order valence-corrected chi connectivity index (χ2v) is 5.18. The topological polar surface area (TPSA) is 48.3 Å². The molecule has 0 atom stereocenters. The lowest BCUT2D eigenvalue weighted by molar-refractivity contribution is 0.0523. The zero-order valence-corrected chi connectivity index (χ0v) is 11.4. The van der Waals surface area contributed by atoms with E-state index in [9.17, 15) is 9.59 Å². The van der Waals surface area contributed by atoms with Crippen molar-refractivity contribution in [2.75, 3.05) is 6.61 Å². The van der Waals surface area contributed by atoms with Crippen LogP contribution in [0.3, 0.4) is 0 Å². The first kappa shape index (κ1) is 12.9. The summed E-state index contributed by atoms with van der Waals surface area (Å²) in [6.45, 7) is 7.77. The van der Waals surface area contributed by atoms with E-state index >= 15 is 0 Å².